The topological polar surface area (TPSA) is 51.6 Å². The zero-order valence-corrected chi connectivity index (χ0v) is 25.7. The van der Waals surface area contributed by atoms with Crippen LogP contribution in [0.2, 0.25) is 0 Å². The van der Waals surface area contributed by atoms with Crippen molar-refractivity contribution in [1.82, 2.24) is 19.9 Å². The monoisotopic (exact) mass is 587 g/mol. The molecule has 0 spiro atoms. The van der Waals surface area contributed by atoms with Gasteiger partial charge >= 0.3 is 0 Å². The molecule has 0 aliphatic heterocycles. The lowest BCUT2D eigenvalue weighted by Gasteiger charge is -2.11. The maximum absolute atomic E-state index is 5.25. The van der Waals surface area contributed by atoms with Gasteiger partial charge in [0.25, 0.3) is 0 Å². The molecule has 0 N–H and O–H groups in total. The van der Waals surface area contributed by atoms with Gasteiger partial charge in [-0.2, -0.15) is 0 Å². The summed E-state index contributed by atoms with van der Waals surface area (Å²) in [5.41, 5.74) is 12.6. The van der Waals surface area contributed by atoms with Crippen LogP contribution in [0.5, 0.6) is 0 Å². The van der Waals surface area contributed by atoms with Crippen molar-refractivity contribution in [2.75, 3.05) is 0 Å². The molecule has 0 atom stereocenters. The van der Waals surface area contributed by atoms with Crippen LogP contribution >= 0.6 is 10.5 Å². The van der Waals surface area contributed by atoms with Crippen LogP contribution in [-0.2, 0) is 6.26 Å². The van der Waals surface area contributed by atoms with Gasteiger partial charge in [0.1, 0.15) is 17.6 Å². The molecule has 0 fully saturated rings. The van der Waals surface area contributed by atoms with Crippen molar-refractivity contribution in [1.29, 1.82) is 0 Å². The van der Waals surface area contributed by atoms with E-state index in [1.165, 1.54) is 43.1 Å². The zero-order valence-electron chi connectivity index (χ0n) is 24.9. The maximum Gasteiger partial charge on any atom is 0.207 e. The Morgan fingerprint density at radius 1 is 0.409 bits per heavy atom. The van der Waals surface area contributed by atoms with Crippen LogP contribution < -0.4 is 0 Å². The fraction of sp³-hybridized carbons (Fsp3) is 0.0769. The lowest BCUT2D eigenvalue weighted by Crippen LogP contribution is -1.93. The van der Waals surface area contributed by atoms with Crippen molar-refractivity contribution in [3.63, 3.8) is 0 Å². The van der Waals surface area contributed by atoms with Gasteiger partial charge < -0.3 is 0 Å². The Kier molecular flexibility index (Phi) is 7.38. The lowest BCUT2D eigenvalue weighted by molar-refractivity contribution is 1.25. The first-order valence-corrected chi connectivity index (χ1v) is 16.3. The van der Waals surface area contributed by atoms with Crippen LogP contribution in [0.15, 0.2) is 134 Å². The minimum Gasteiger partial charge on any atom is -0.255 e. The molecule has 5 aromatic heterocycles. The first-order chi connectivity index (χ1) is 21.6. The molecule has 2 aromatic carbocycles. The second kappa shape index (κ2) is 11.8. The van der Waals surface area contributed by atoms with Gasteiger partial charge in [0.15, 0.2) is 0 Å². The first kappa shape index (κ1) is 27.6. The molecular formula is C39H31N4S+. The van der Waals surface area contributed by atoms with Crippen LogP contribution in [0, 0.1) is 13.8 Å². The van der Waals surface area contributed by atoms with Gasteiger partial charge in [-0.05, 0) is 95.1 Å². The van der Waals surface area contributed by atoms with E-state index in [-0.39, 0.29) is 10.5 Å². The molecular weight excluding hydrogens is 557 g/mol. The van der Waals surface area contributed by atoms with Crippen molar-refractivity contribution in [2.45, 2.75) is 13.8 Å². The molecule has 0 aliphatic carbocycles. The van der Waals surface area contributed by atoms with Crippen LogP contribution in [0.25, 0.3) is 66.2 Å². The summed E-state index contributed by atoms with van der Waals surface area (Å²) >= 11 is 0. The number of hydrogen-bond donors (Lipinski definition) is 0. The highest BCUT2D eigenvalue weighted by atomic mass is 32.2. The highest BCUT2D eigenvalue weighted by Gasteiger charge is 2.36. The van der Waals surface area contributed by atoms with Crippen molar-refractivity contribution < 1.29 is 0 Å². The molecule has 7 rings (SSSR count). The second-order valence-corrected chi connectivity index (χ2v) is 12.6. The average molecular weight is 588 g/mol. The van der Waals surface area contributed by atoms with E-state index < -0.39 is 0 Å². The normalized spacial score (nSPS) is 11.1. The van der Waals surface area contributed by atoms with Gasteiger partial charge in [0.05, 0.1) is 33.9 Å². The average Bonchev–Trinajstić information content (AvgIpc) is 3.38. The highest BCUT2D eigenvalue weighted by molar-refractivity contribution is 7.36. The Balaban J connectivity index is 1.59. The number of nitrogens with zero attached hydrogens (tertiary/aromatic N) is 4. The third kappa shape index (κ3) is 5.01. The largest absolute Gasteiger partial charge is 0.255 e. The molecule has 0 saturated heterocycles. The molecule has 4 nitrogen and oxygen atoms in total. The second-order valence-electron chi connectivity index (χ2n) is 10.8. The SMILES string of the molecule is Cc1ccccc1-c1c(-c2ccccc2C)c(-c2cccc(-c3ccccn3)n2)[s+](C)c1-c1cccc(-c2ccccn2)n1. The molecule has 0 radical (unpaired) electrons. The van der Waals surface area contributed by atoms with E-state index in [1.807, 2.05) is 60.9 Å². The zero-order chi connectivity index (χ0) is 30.0. The summed E-state index contributed by atoms with van der Waals surface area (Å²) in [6.45, 7) is 4.39. The van der Waals surface area contributed by atoms with Crippen LogP contribution in [0.4, 0.5) is 0 Å². The van der Waals surface area contributed by atoms with Crippen molar-refractivity contribution in [2.24, 2.45) is 6.26 Å². The summed E-state index contributed by atoms with van der Waals surface area (Å²) in [6.07, 6.45) is 5.95. The van der Waals surface area contributed by atoms with Crippen molar-refractivity contribution >= 4 is 10.5 Å². The van der Waals surface area contributed by atoms with Crippen LogP contribution in [0.1, 0.15) is 11.1 Å². The van der Waals surface area contributed by atoms with E-state index >= 15 is 0 Å². The minimum atomic E-state index is -0.364. The summed E-state index contributed by atoms with van der Waals surface area (Å²) in [5.74, 6) is 0. The molecule has 212 valence electrons. The van der Waals surface area contributed by atoms with E-state index in [2.05, 4.69) is 103 Å². The predicted octanol–water partition coefficient (Wildman–Crippen LogP) is 10.2. The number of benzene rings is 2. The van der Waals surface area contributed by atoms with Gasteiger partial charge in [-0.15, -0.1) is 0 Å². The minimum absolute atomic E-state index is 0.364. The quantitative estimate of drug-likeness (QED) is 0.182. The van der Waals surface area contributed by atoms with E-state index in [4.69, 9.17) is 9.97 Å². The first-order valence-electron chi connectivity index (χ1n) is 14.6. The van der Waals surface area contributed by atoms with Crippen LogP contribution in [0.3, 0.4) is 0 Å². The standard InChI is InChI=1S/C39H31N4S/c1-26-14-4-6-16-28(26)36-37(29-17-7-5-15-27(29)2)39(35-23-13-21-33(43-35)31-19-9-11-25-41-31)44(3)38(36)34-22-12-20-32(42-34)30-18-8-10-24-40-30/h4-25H,1-3H3/q+1. The maximum atomic E-state index is 5.25. The van der Waals surface area contributed by atoms with Crippen molar-refractivity contribution in [3.05, 3.63) is 145 Å². The summed E-state index contributed by atoms with van der Waals surface area (Å²) in [5, 5.41) is 0. The fourth-order valence-electron chi connectivity index (χ4n) is 5.86. The van der Waals surface area contributed by atoms with Gasteiger partial charge in [0.2, 0.25) is 9.75 Å². The van der Waals surface area contributed by atoms with Gasteiger partial charge in [-0.1, -0.05) is 72.8 Å². The summed E-state index contributed by atoms with van der Waals surface area (Å²) in [6, 6.07) is 41.8. The Morgan fingerprint density at radius 3 is 1.20 bits per heavy atom. The molecule has 0 amide bonds. The highest BCUT2D eigenvalue weighted by Crippen LogP contribution is 2.57. The fourth-order valence-corrected chi connectivity index (χ4v) is 7.96. The third-order valence-corrected chi connectivity index (χ3v) is 10.0. The third-order valence-electron chi connectivity index (χ3n) is 7.96. The Bertz CT molecular complexity index is 1950. The van der Waals surface area contributed by atoms with E-state index in [0.29, 0.717) is 0 Å². The van der Waals surface area contributed by atoms with E-state index in [9.17, 15) is 0 Å². The number of aromatic nitrogens is 4. The Labute approximate surface area is 260 Å². The number of aryl methyl sites for hydroxylation is 2. The number of thiophene rings is 1. The Hall–Kier alpha value is -5.26. The van der Waals surface area contributed by atoms with Gasteiger partial charge in [0, 0.05) is 12.4 Å². The number of hydrogen-bond acceptors (Lipinski definition) is 4. The molecule has 0 saturated carbocycles. The Morgan fingerprint density at radius 2 is 0.795 bits per heavy atom. The van der Waals surface area contributed by atoms with Crippen LogP contribution in [-0.4, -0.2) is 19.9 Å². The molecule has 0 bridgehead atoms. The smallest absolute Gasteiger partial charge is 0.207 e. The van der Waals surface area contributed by atoms with E-state index in [0.717, 1.165) is 34.2 Å². The molecule has 0 aliphatic rings. The summed E-state index contributed by atoms with van der Waals surface area (Å²) in [7, 11) is -0.364. The predicted molar refractivity (Wildman–Crippen MR) is 183 cm³/mol. The van der Waals surface area contributed by atoms with Crippen molar-refractivity contribution in [3.8, 4) is 66.2 Å². The molecule has 44 heavy (non-hydrogen) atoms. The van der Waals surface area contributed by atoms with Gasteiger partial charge in [-0.25, -0.2) is 9.97 Å². The molecule has 5 heteroatoms. The molecule has 7 aromatic rings. The lowest BCUT2D eigenvalue weighted by atomic mass is 9.89. The number of rotatable bonds is 6. The van der Waals surface area contributed by atoms with Gasteiger partial charge in [-0.3, -0.25) is 9.97 Å². The number of pyridine rings is 4. The van der Waals surface area contributed by atoms with E-state index in [1.54, 1.807) is 0 Å². The summed E-state index contributed by atoms with van der Waals surface area (Å²) in [4.78, 5) is 22.1. The summed E-state index contributed by atoms with van der Waals surface area (Å²) < 4.78 is 0. The molecule has 0 unspecified atom stereocenters. The molecule has 5 heterocycles.